The normalized spacial score (nSPS) is 21.7. The summed E-state index contributed by atoms with van der Waals surface area (Å²) in [5.41, 5.74) is 2.17. The summed E-state index contributed by atoms with van der Waals surface area (Å²) in [5.74, 6) is -2.87. The van der Waals surface area contributed by atoms with Crippen LogP contribution in [0, 0.1) is 11.3 Å². The number of alkyl halides is 2. The van der Waals surface area contributed by atoms with E-state index < -0.39 is 5.92 Å². The zero-order valence-electron chi connectivity index (χ0n) is 22.8. The van der Waals surface area contributed by atoms with Gasteiger partial charge in [0.1, 0.15) is 0 Å². The van der Waals surface area contributed by atoms with Crippen molar-refractivity contribution in [2.45, 2.75) is 69.9 Å². The lowest BCUT2D eigenvalue weighted by Gasteiger charge is -2.39. The van der Waals surface area contributed by atoms with Crippen LogP contribution in [0.15, 0.2) is 54.6 Å². The molecule has 2 aromatic carbocycles. The summed E-state index contributed by atoms with van der Waals surface area (Å²) in [6.07, 6.45) is 3.38. The SMILES string of the molecule is Cl.O=C(N[C@@H](CCN1CCC2(CC1)CC(=O)N(Cc1ccc(Cl)cc1)C2)c1ccccc1)C1CCC(F)(F)CC1. The summed E-state index contributed by atoms with van der Waals surface area (Å²) in [6, 6.07) is 17.5. The molecule has 5 nitrogen and oxygen atoms in total. The number of piperidine rings is 1. The van der Waals surface area contributed by atoms with E-state index in [4.69, 9.17) is 11.6 Å². The second kappa shape index (κ2) is 13.2. The van der Waals surface area contributed by atoms with Crippen molar-refractivity contribution < 1.29 is 18.4 Å². The highest BCUT2D eigenvalue weighted by atomic mass is 35.5. The second-order valence-corrected chi connectivity index (χ2v) is 12.2. The van der Waals surface area contributed by atoms with Gasteiger partial charge < -0.3 is 15.1 Å². The molecule has 0 aromatic heterocycles. The van der Waals surface area contributed by atoms with Gasteiger partial charge in [-0.2, -0.15) is 0 Å². The molecule has 3 aliphatic rings. The minimum absolute atomic E-state index is 0. The zero-order chi connectivity index (χ0) is 27.5. The van der Waals surface area contributed by atoms with E-state index in [1.54, 1.807) is 0 Å². The quantitative estimate of drug-likeness (QED) is 0.373. The van der Waals surface area contributed by atoms with Crippen molar-refractivity contribution in [3.63, 3.8) is 0 Å². The molecular weight excluding hydrogens is 555 g/mol. The van der Waals surface area contributed by atoms with E-state index in [-0.39, 0.29) is 67.3 Å². The van der Waals surface area contributed by atoms with Crippen molar-refractivity contribution in [1.82, 2.24) is 15.1 Å². The Kier molecular flexibility index (Phi) is 10.1. The van der Waals surface area contributed by atoms with E-state index in [0.717, 1.165) is 56.6 Å². The van der Waals surface area contributed by atoms with Gasteiger partial charge in [0.25, 0.3) is 0 Å². The van der Waals surface area contributed by atoms with E-state index in [1.165, 1.54) is 0 Å². The molecule has 1 atom stereocenters. The van der Waals surface area contributed by atoms with E-state index >= 15 is 0 Å². The Labute approximate surface area is 247 Å². The Bertz CT molecular complexity index is 1130. The van der Waals surface area contributed by atoms with Gasteiger partial charge in [0, 0.05) is 49.8 Å². The van der Waals surface area contributed by atoms with E-state index in [0.29, 0.717) is 18.0 Å². The first-order chi connectivity index (χ1) is 18.7. The number of carbonyl (C=O) groups excluding carboxylic acids is 2. The van der Waals surface area contributed by atoms with Gasteiger partial charge in [-0.1, -0.05) is 54.1 Å². The van der Waals surface area contributed by atoms with Crippen molar-refractivity contribution in [2.75, 3.05) is 26.2 Å². The molecule has 0 radical (unpaired) electrons. The Balaban J connectivity index is 0.00000370. The van der Waals surface area contributed by atoms with Crippen LogP contribution in [-0.2, 0) is 16.1 Å². The fraction of sp³-hybridized carbons (Fsp3) is 0.548. The summed E-state index contributed by atoms with van der Waals surface area (Å²) in [7, 11) is 0. The molecule has 1 aliphatic carbocycles. The standard InChI is InChI=1S/C31H38ClF2N3O2.ClH/c32-26-8-6-23(7-9-26)21-37-22-30(20-28(37)38)15-18-36(19-16-30)17-12-27(24-4-2-1-3-5-24)35-29(39)25-10-13-31(33,34)14-11-25;/h1-9,25,27H,10-22H2,(H,35,39);1H/t27-;/m0./s1. The number of hydrogen-bond donors (Lipinski definition) is 1. The minimum Gasteiger partial charge on any atom is -0.349 e. The summed E-state index contributed by atoms with van der Waals surface area (Å²) in [6.45, 7) is 4.11. The minimum atomic E-state index is -2.64. The van der Waals surface area contributed by atoms with Gasteiger partial charge in [-0.15, -0.1) is 12.4 Å². The van der Waals surface area contributed by atoms with Crippen molar-refractivity contribution in [2.24, 2.45) is 11.3 Å². The molecule has 5 rings (SSSR count). The number of nitrogens with one attached hydrogen (secondary N) is 1. The highest BCUT2D eigenvalue weighted by Crippen LogP contribution is 2.42. The predicted molar refractivity (Wildman–Crippen MR) is 156 cm³/mol. The van der Waals surface area contributed by atoms with E-state index in [1.807, 2.05) is 59.5 Å². The van der Waals surface area contributed by atoms with Gasteiger partial charge in [-0.25, -0.2) is 8.78 Å². The van der Waals surface area contributed by atoms with E-state index in [9.17, 15) is 18.4 Å². The average Bonchev–Trinajstić information content (AvgIpc) is 3.23. The smallest absolute Gasteiger partial charge is 0.248 e. The maximum Gasteiger partial charge on any atom is 0.248 e. The van der Waals surface area contributed by atoms with Gasteiger partial charge in [-0.05, 0) is 73.9 Å². The van der Waals surface area contributed by atoms with Crippen LogP contribution in [0.5, 0.6) is 0 Å². The Morgan fingerprint density at radius 3 is 2.30 bits per heavy atom. The molecule has 2 saturated heterocycles. The lowest BCUT2D eigenvalue weighted by Crippen LogP contribution is -2.43. The van der Waals surface area contributed by atoms with Crippen molar-refractivity contribution in [1.29, 1.82) is 0 Å². The van der Waals surface area contributed by atoms with Crippen LogP contribution in [-0.4, -0.2) is 53.7 Å². The lowest BCUT2D eigenvalue weighted by molar-refractivity contribution is -0.130. The number of benzene rings is 2. The number of rotatable bonds is 8. The second-order valence-electron chi connectivity index (χ2n) is 11.8. The number of amides is 2. The first-order valence-electron chi connectivity index (χ1n) is 14.2. The molecule has 218 valence electrons. The van der Waals surface area contributed by atoms with Crippen LogP contribution in [0.3, 0.4) is 0 Å². The van der Waals surface area contributed by atoms with Crippen molar-refractivity contribution in [3.05, 3.63) is 70.7 Å². The first kappa shape index (κ1) is 30.7. The van der Waals surface area contributed by atoms with E-state index in [2.05, 4.69) is 10.2 Å². The molecule has 2 aliphatic heterocycles. The Hall–Kier alpha value is -2.22. The highest BCUT2D eigenvalue weighted by molar-refractivity contribution is 6.30. The molecule has 0 unspecified atom stereocenters. The maximum atomic E-state index is 13.6. The Morgan fingerprint density at radius 2 is 1.65 bits per heavy atom. The third-order valence-electron chi connectivity index (χ3n) is 8.95. The Morgan fingerprint density at radius 1 is 1.00 bits per heavy atom. The van der Waals surface area contributed by atoms with Gasteiger partial charge in [0.2, 0.25) is 17.7 Å². The topological polar surface area (TPSA) is 52.7 Å². The molecule has 3 fully saturated rings. The first-order valence-corrected chi connectivity index (χ1v) is 14.6. The molecule has 2 amide bonds. The summed E-state index contributed by atoms with van der Waals surface area (Å²) < 4.78 is 27.2. The van der Waals surface area contributed by atoms with Crippen LogP contribution < -0.4 is 5.32 Å². The molecule has 2 aromatic rings. The molecule has 2 heterocycles. The number of nitrogens with zero attached hydrogens (tertiary/aromatic N) is 2. The van der Waals surface area contributed by atoms with Crippen LogP contribution in [0.4, 0.5) is 8.78 Å². The van der Waals surface area contributed by atoms with Gasteiger partial charge in [0.05, 0.1) is 6.04 Å². The van der Waals surface area contributed by atoms with Crippen LogP contribution in [0.2, 0.25) is 5.02 Å². The average molecular weight is 595 g/mol. The maximum absolute atomic E-state index is 13.6. The lowest BCUT2D eigenvalue weighted by atomic mass is 9.77. The largest absolute Gasteiger partial charge is 0.349 e. The van der Waals surface area contributed by atoms with Crippen LogP contribution >= 0.6 is 24.0 Å². The van der Waals surface area contributed by atoms with Gasteiger partial charge in [-0.3, -0.25) is 9.59 Å². The fourth-order valence-corrected chi connectivity index (χ4v) is 6.56. The highest BCUT2D eigenvalue weighted by Gasteiger charge is 2.44. The summed E-state index contributed by atoms with van der Waals surface area (Å²) in [4.78, 5) is 30.3. The van der Waals surface area contributed by atoms with Crippen LogP contribution in [0.1, 0.15) is 68.5 Å². The van der Waals surface area contributed by atoms with Crippen molar-refractivity contribution >= 4 is 35.8 Å². The fourth-order valence-electron chi connectivity index (χ4n) is 6.43. The predicted octanol–water partition coefficient (Wildman–Crippen LogP) is 6.65. The molecule has 0 bridgehead atoms. The monoisotopic (exact) mass is 593 g/mol. The number of carbonyl (C=O) groups is 2. The molecule has 1 N–H and O–H groups in total. The third kappa shape index (κ3) is 7.74. The van der Waals surface area contributed by atoms with Crippen LogP contribution in [0.25, 0.3) is 0 Å². The molecular formula is C31H39Cl2F2N3O2. The zero-order valence-corrected chi connectivity index (χ0v) is 24.4. The number of hydrogen-bond acceptors (Lipinski definition) is 3. The molecule has 40 heavy (non-hydrogen) atoms. The number of likely N-dealkylation sites (tertiary alicyclic amines) is 2. The summed E-state index contributed by atoms with van der Waals surface area (Å²) in [5, 5.41) is 3.88. The van der Waals surface area contributed by atoms with Crippen molar-refractivity contribution in [3.8, 4) is 0 Å². The molecule has 1 spiro atoms. The third-order valence-corrected chi connectivity index (χ3v) is 9.20. The summed E-state index contributed by atoms with van der Waals surface area (Å²) >= 11 is 6.01. The molecule has 9 heteroatoms. The molecule has 1 saturated carbocycles. The van der Waals surface area contributed by atoms with Gasteiger partial charge >= 0.3 is 0 Å². The van der Waals surface area contributed by atoms with Gasteiger partial charge in [0.15, 0.2) is 0 Å². The number of halogens is 4.